The molecule has 1 aliphatic heterocycles. The van der Waals surface area contributed by atoms with Crippen molar-refractivity contribution in [3.05, 3.63) is 105 Å². The van der Waals surface area contributed by atoms with Gasteiger partial charge in [0.1, 0.15) is 0 Å². The number of halogens is 3. The SMILES string of the molecule is Clc1ccc(C(Nc2ccnc3cc(Cl)ccc23)c2ccc(CN3CCCC3)c(Cl)c2)cc1. The van der Waals surface area contributed by atoms with E-state index >= 15 is 0 Å². The summed E-state index contributed by atoms with van der Waals surface area (Å²) in [6, 6.07) is 22.0. The maximum Gasteiger partial charge on any atom is 0.0768 e. The normalized spacial score (nSPS) is 15.1. The van der Waals surface area contributed by atoms with E-state index in [9.17, 15) is 0 Å². The Kier molecular flexibility index (Phi) is 6.75. The Hall–Kier alpha value is -2.30. The Morgan fingerprint density at radius 1 is 0.818 bits per heavy atom. The average Bonchev–Trinajstić information content (AvgIpc) is 3.32. The standard InChI is InChI=1S/C27H24Cl3N3/c28-21-7-5-18(6-8-21)27(32-25-11-12-31-26-16-22(29)9-10-23(25)26)19-3-4-20(24(30)15-19)17-33-13-1-2-14-33/h3-12,15-16,27H,1-2,13-14,17H2,(H,31,32). The quantitative estimate of drug-likeness (QED) is 0.293. The van der Waals surface area contributed by atoms with Crippen LogP contribution in [0.3, 0.4) is 0 Å². The van der Waals surface area contributed by atoms with Crippen LogP contribution in [0.15, 0.2) is 72.9 Å². The van der Waals surface area contributed by atoms with Gasteiger partial charge in [0.15, 0.2) is 0 Å². The number of fused-ring (bicyclic) bond motifs is 1. The predicted octanol–water partition coefficient (Wildman–Crippen LogP) is 7.99. The Morgan fingerprint density at radius 2 is 1.55 bits per heavy atom. The number of nitrogens with one attached hydrogen (secondary N) is 1. The van der Waals surface area contributed by atoms with Crippen LogP contribution in [-0.2, 0) is 6.54 Å². The molecule has 0 bridgehead atoms. The van der Waals surface area contributed by atoms with Gasteiger partial charge in [-0.1, -0.05) is 59.1 Å². The Balaban J connectivity index is 1.52. The summed E-state index contributed by atoms with van der Waals surface area (Å²) in [6.07, 6.45) is 4.33. The molecule has 2 heterocycles. The van der Waals surface area contributed by atoms with E-state index in [0.29, 0.717) is 10.0 Å². The number of rotatable bonds is 6. The zero-order valence-corrected chi connectivity index (χ0v) is 20.3. The number of nitrogens with zero attached hydrogens (tertiary/aromatic N) is 2. The van der Waals surface area contributed by atoms with E-state index in [0.717, 1.165) is 52.4 Å². The van der Waals surface area contributed by atoms with Crippen molar-refractivity contribution in [2.45, 2.75) is 25.4 Å². The summed E-state index contributed by atoms with van der Waals surface area (Å²) in [5, 5.41) is 6.90. The Labute approximate surface area is 209 Å². The maximum atomic E-state index is 6.78. The molecule has 1 atom stereocenters. The van der Waals surface area contributed by atoms with Gasteiger partial charge in [-0.3, -0.25) is 9.88 Å². The number of likely N-dealkylation sites (tertiary alicyclic amines) is 1. The molecule has 168 valence electrons. The highest BCUT2D eigenvalue weighted by atomic mass is 35.5. The fourth-order valence-corrected chi connectivity index (χ4v) is 5.01. The monoisotopic (exact) mass is 495 g/mol. The lowest BCUT2D eigenvalue weighted by Crippen LogP contribution is -2.19. The van der Waals surface area contributed by atoms with E-state index in [1.165, 1.54) is 18.4 Å². The van der Waals surface area contributed by atoms with E-state index in [2.05, 4.69) is 33.4 Å². The molecule has 1 fully saturated rings. The minimum absolute atomic E-state index is 0.109. The molecule has 1 unspecified atom stereocenters. The van der Waals surface area contributed by atoms with Crippen LogP contribution in [0.25, 0.3) is 10.9 Å². The second-order valence-electron chi connectivity index (χ2n) is 8.48. The highest BCUT2D eigenvalue weighted by Crippen LogP contribution is 2.34. The smallest absolute Gasteiger partial charge is 0.0768 e. The summed E-state index contributed by atoms with van der Waals surface area (Å²) < 4.78 is 0. The number of aromatic nitrogens is 1. The highest BCUT2D eigenvalue weighted by molar-refractivity contribution is 6.31. The largest absolute Gasteiger partial charge is 0.374 e. The third-order valence-corrected chi connectivity index (χ3v) is 7.05. The molecule has 6 heteroatoms. The third kappa shape index (κ3) is 5.12. The summed E-state index contributed by atoms with van der Waals surface area (Å²) >= 11 is 19.1. The lowest BCUT2D eigenvalue weighted by Gasteiger charge is -2.23. The molecule has 0 saturated carbocycles. The molecule has 1 aromatic heterocycles. The minimum atomic E-state index is -0.109. The van der Waals surface area contributed by atoms with Gasteiger partial charge in [0.25, 0.3) is 0 Å². The lowest BCUT2D eigenvalue weighted by molar-refractivity contribution is 0.331. The molecule has 3 nitrogen and oxygen atoms in total. The van der Waals surface area contributed by atoms with Crippen molar-refractivity contribution in [3.8, 4) is 0 Å². The number of hydrogen-bond donors (Lipinski definition) is 1. The van der Waals surface area contributed by atoms with Crippen LogP contribution in [0.4, 0.5) is 5.69 Å². The first-order valence-corrected chi connectivity index (χ1v) is 12.3. The first kappa shape index (κ1) is 22.5. The molecule has 0 amide bonds. The van der Waals surface area contributed by atoms with Crippen LogP contribution < -0.4 is 5.32 Å². The van der Waals surface area contributed by atoms with Gasteiger partial charge in [0.05, 0.1) is 11.6 Å². The van der Waals surface area contributed by atoms with Crippen molar-refractivity contribution in [2.24, 2.45) is 0 Å². The van der Waals surface area contributed by atoms with Crippen molar-refractivity contribution in [3.63, 3.8) is 0 Å². The molecule has 1 saturated heterocycles. The van der Waals surface area contributed by atoms with Crippen LogP contribution in [0, 0.1) is 0 Å². The first-order chi connectivity index (χ1) is 16.1. The fourth-order valence-electron chi connectivity index (χ4n) is 4.47. The summed E-state index contributed by atoms with van der Waals surface area (Å²) in [6.45, 7) is 3.19. The second kappa shape index (κ2) is 9.90. The number of benzene rings is 3. The fraction of sp³-hybridized carbons (Fsp3) is 0.222. The molecule has 1 aliphatic rings. The molecular weight excluding hydrogens is 473 g/mol. The van der Waals surface area contributed by atoms with Gasteiger partial charge < -0.3 is 5.32 Å². The van der Waals surface area contributed by atoms with Crippen molar-refractivity contribution in [1.82, 2.24) is 9.88 Å². The van der Waals surface area contributed by atoms with Gasteiger partial charge >= 0.3 is 0 Å². The molecule has 1 N–H and O–H groups in total. The molecule has 0 spiro atoms. The third-order valence-electron chi connectivity index (χ3n) is 6.21. The highest BCUT2D eigenvalue weighted by Gasteiger charge is 2.19. The molecule has 0 aliphatic carbocycles. The molecular formula is C27H24Cl3N3. The van der Waals surface area contributed by atoms with E-state index in [1.54, 1.807) is 6.20 Å². The van der Waals surface area contributed by atoms with Crippen LogP contribution in [0.2, 0.25) is 15.1 Å². The van der Waals surface area contributed by atoms with E-state index in [4.69, 9.17) is 34.8 Å². The van der Waals surface area contributed by atoms with Gasteiger partial charge in [-0.2, -0.15) is 0 Å². The predicted molar refractivity (Wildman–Crippen MR) is 140 cm³/mol. The van der Waals surface area contributed by atoms with Crippen LogP contribution in [-0.4, -0.2) is 23.0 Å². The molecule has 33 heavy (non-hydrogen) atoms. The summed E-state index contributed by atoms with van der Waals surface area (Å²) in [7, 11) is 0. The van der Waals surface area contributed by atoms with E-state index in [-0.39, 0.29) is 6.04 Å². The van der Waals surface area contributed by atoms with E-state index in [1.807, 2.05) is 48.5 Å². The van der Waals surface area contributed by atoms with Gasteiger partial charge in [-0.05, 0) is 85.1 Å². The van der Waals surface area contributed by atoms with Crippen LogP contribution in [0.5, 0.6) is 0 Å². The van der Waals surface area contributed by atoms with Crippen LogP contribution >= 0.6 is 34.8 Å². The molecule has 5 rings (SSSR count). The van der Waals surface area contributed by atoms with Crippen molar-refractivity contribution in [2.75, 3.05) is 18.4 Å². The minimum Gasteiger partial charge on any atom is -0.374 e. The van der Waals surface area contributed by atoms with Gasteiger partial charge in [-0.15, -0.1) is 0 Å². The second-order valence-corrected chi connectivity index (χ2v) is 9.76. The molecule has 4 aromatic rings. The van der Waals surface area contributed by atoms with Crippen molar-refractivity contribution in [1.29, 1.82) is 0 Å². The van der Waals surface area contributed by atoms with Gasteiger partial charge in [-0.25, -0.2) is 0 Å². The number of pyridine rings is 1. The summed E-state index contributed by atoms with van der Waals surface area (Å²) in [4.78, 5) is 6.94. The summed E-state index contributed by atoms with van der Waals surface area (Å²) in [5.41, 5.74) is 5.18. The Morgan fingerprint density at radius 3 is 2.30 bits per heavy atom. The van der Waals surface area contributed by atoms with Gasteiger partial charge in [0, 0.05) is 38.9 Å². The lowest BCUT2D eigenvalue weighted by atomic mass is 9.96. The summed E-state index contributed by atoms with van der Waals surface area (Å²) in [5.74, 6) is 0. The van der Waals surface area contributed by atoms with E-state index < -0.39 is 0 Å². The van der Waals surface area contributed by atoms with Crippen molar-refractivity contribution < 1.29 is 0 Å². The number of hydrogen-bond acceptors (Lipinski definition) is 3. The Bertz CT molecular complexity index is 1270. The van der Waals surface area contributed by atoms with Gasteiger partial charge in [0.2, 0.25) is 0 Å². The topological polar surface area (TPSA) is 28.2 Å². The van der Waals surface area contributed by atoms with Crippen molar-refractivity contribution >= 4 is 51.4 Å². The zero-order valence-electron chi connectivity index (χ0n) is 18.1. The zero-order chi connectivity index (χ0) is 22.8. The molecule has 3 aromatic carbocycles. The average molecular weight is 497 g/mol. The number of anilines is 1. The molecule has 0 radical (unpaired) electrons. The van der Waals surface area contributed by atoms with Crippen LogP contribution in [0.1, 0.15) is 35.6 Å². The maximum absolute atomic E-state index is 6.78. The first-order valence-electron chi connectivity index (χ1n) is 11.1.